The first kappa shape index (κ1) is 15.2. The molecule has 5 heteroatoms. The SMILES string of the molecule is CC(=O)N1CC[C@]2(C(=O)NCCc3c[nH]c4ccccc34)C[C@H]2C1. The largest absolute Gasteiger partial charge is 0.361 e. The summed E-state index contributed by atoms with van der Waals surface area (Å²) < 4.78 is 0. The molecule has 2 N–H and O–H groups in total. The van der Waals surface area contributed by atoms with Gasteiger partial charge in [-0.2, -0.15) is 0 Å². The van der Waals surface area contributed by atoms with Gasteiger partial charge in [0, 0.05) is 43.7 Å². The molecular weight excluding hydrogens is 302 g/mol. The molecule has 1 aromatic carbocycles. The van der Waals surface area contributed by atoms with E-state index >= 15 is 0 Å². The Morgan fingerprint density at radius 3 is 3.00 bits per heavy atom. The first-order valence-corrected chi connectivity index (χ1v) is 8.69. The predicted octanol–water partition coefficient (Wildman–Crippen LogP) is 2.09. The number of H-pyrrole nitrogens is 1. The highest BCUT2D eigenvalue weighted by Crippen LogP contribution is 2.58. The number of hydrogen-bond acceptors (Lipinski definition) is 2. The van der Waals surface area contributed by atoms with Crippen molar-refractivity contribution in [3.63, 3.8) is 0 Å². The fourth-order valence-corrected chi connectivity index (χ4v) is 4.12. The van der Waals surface area contributed by atoms with Crippen LogP contribution >= 0.6 is 0 Å². The van der Waals surface area contributed by atoms with E-state index in [0.717, 1.165) is 31.3 Å². The van der Waals surface area contributed by atoms with Crippen LogP contribution in [0.15, 0.2) is 30.5 Å². The van der Waals surface area contributed by atoms with Crippen LogP contribution in [0.3, 0.4) is 0 Å². The topological polar surface area (TPSA) is 65.2 Å². The number of nitrogens with zero attached hydrogens (tertiary/aromatic N) is 1. The van der Waals surface area contributed by atoms with Crippen molar-refractivity contribution < 1.29 is 9.59 Å². The second-order valence-corrected chi connectivity index (χ2v) is 7.14. The van der Waals surface area contributed by atoms with Crippen molar-refractivity contribution in [3.05, 3.63) is 36.0 Å². The lowest BCUT2D eigenvalue weighted by Crippen LogP contribution is -2.44. The molecule has 24 heavy (non-hydrogen) atoms. The third-order valence-electron chi connectivity index (χ3n) is 5.75. The minimum Gasteiger partial charge on any atom is -0.361 e. The molecule has 1 saturated carbocycles. The molecule has 0 radical (unpaired) electrons. The van der Waals surface area contributed by atoms with Gasteiger partial charge >= 0.3 is 0 Å². The minimum atomic E-state index is -0.202. The van der Waals surface area contributed by atoms with E-state index in [9.17, 15) is 9.59 Å². The molecule has 2 atom stereocenters. The number of aromatic amines is 1. The van der Waals surface area contributed by atoms with Gasteiger partial charge in [-0.3, -0.25) is 9.59 Å². The van der Waals surface area contributed by atoms with Crippen molar-refractivity contribution in [2.45, 2.75) is 26.2 Å². The highest BCUT2D eigenvalue weighted by Gasteiger charge is 2.61. The molecule has 2 aliphatic rings. The molecule has 0 unspecified atom stereocenters. The Morgan fingerprint density at radius 2 is 2.21 bits per heavy atom. The highest BCUT2D eigenvalue weighted by atomic mass is 16.2. The monoisotopic (exact) mass is 325 g/mol. The van der Waals surface area contributed by atoms with Gasteiger partial charge in [-0.15, -0.1) is 0 Å². The molecule has 2 heterocycles. The Hall–Kier alpha value is -2.30. The summed E-state index contributed by atoms with van der Waals surface area (Å²) in [6.45, 7) is 3.72. The van der Waals surface area contributed by atoms with Crippen LogP contribution in [-0.4, -0.2) is 41.3 Å². The van der Waals surface area contributed by atoms with Crippen LogP contribution < -0.4 is 5.32 Å². The van der Waals surface area contributed by atoms with Crippen molar-refractivity contribution in [2.24, 2.45) is 11.3 Å². The van der Waals surface area contributed by atoms with Crippen molar-refractivity contribution in [1.29, 1.82) is 0 Å². The van der Waals surface area contributed by atoms with Crippen LogP contribution in [0.2, 0.25) is 0 Å². The zero-order chi connectivity index (χ0) is 16.7. The number of carbonyl (C=O) groups is 2. The Balaban J connectivity index is 1.33. The Labute approximate surface area is 141 Å². The van der Waals surface area contributed by atoms with Crippen LogP contribution in [0.5, 0.6) is 0 Å². The van der Waals surface area contributed by atoms with E-state index in [4.69, 9.17) is 0 Å². The van der Waals surface area contributed by atoms with Crippen molar-refractivity contribution in [3.8, 4) is 0 Å². The maximum Gasteiger partial charge on any atom is 0.226 e. The molecule has 1 saturated heterocycles. The number of para-hydroxylation sites is 1. The number of piperidine rings is 1. The number of amides is 2. The minimum absolute atomic E-state index is 0.121. The maximum atomic E-state index is 12.6. The molecule has 0 bridgehead atoms. The Bertz CT molecular complexity index is 797. The first-order chi connectivity index (χ1) is 11.6. The summed E-state index contributed by atoms with van der Waals surface area (Å²) in [7, 11) is 0. The molecule has 1 aliphatic carbocycles. The molecular formula is C19H23N3O2. The summed E-state index contributed by atoms with van der Waals surface area (Å²) in [6, 6.07) is 8.23. The van der Waals surface area contributed by atoms with Gasteiger partial charge in [0.15, 0.2) is 0 Å². The standard InChI is InChI=1S/C19H23N3O2/c1-13(23)22-9-7-19(10-15(19)12-22)18(24)20-8-6-14-11-21-17-5-3-2-4-16(14)17/h2-5,11,15,21H,6-10,12H2,1H3,(H,20,24)/t15-,19-/m0/s1. The molecule has 1 aliphatic heterocycles. The molecule has 126 valence electrons. The number of nitrogens with one attached hydrogen (secondary N) is 2. The predicted molar refractivity (Wildman–Crippen MR) is 92.4 cm³/mol. The van der Waals surface area contributed by atoms with Crippen LogP contribution in [0.4, 0.5) is 0 Å². The summed E-state index contributed by atoms with van der Waals surface area (Å²) in [5, 5.41) is 4.35. The number of benzene rings is 1. The smallest absolute Gasteiger partial charge is 0.226 e. The van der Waals surface area contributed by atoms with E-state index in [2.05, 4.69) is 22.4 Å². The molecule has 4 rings (SSSR count). The molecule has 1 aromatic heterocycles. The zero-order valence-electron chi connectivity index (χ0n) is 14.0. The lowest BCUT2D eigenvalue weighted by atomic mass is 9.94. The number of rotatable bonds is 4. The van der Waals surface area contributed by atoms with E-state index in [-0.39, 0.29) is 17.2 Å². The molecule has 2 aromatic rings. The second-order valence-electron chi connectivity index (χ2n) is 7.14. The fourth-order valence-electron chi connectivity index (χ4n) is 4.12. The number of likely N-dealkylation sites (tertiary alicyclic amines) is 1. The van der Waals surface area contributed by atoms with Crippen molar-refractivity contribution in [1.82, 2.24) is 15.2 Å². The maximum absolute atomic E-state index is 12.6. The van der Waals surface area contributed by atoms with Gasteiger partial charge in [0.05, 0.1) is 5.41 Å². The summed E-state index contributed by atoms with van der Waals surface area (Å²) in [4.78, 5) is 29.2. The van der Waals surface area contributed by atoms with Gasteiger partial charge < -0.3 is 15.2 Å². The highest BCUT2D eigenvalue weighted by molar-refractivity contribution is 5.87. The second kappa shape index (κ2) is 5.65. The van der Waals surface area contributed by atoms with E-state index in [1.807, 2.05) is 23.2 Å². The lowest BCUT2D eigenvalue weighted by molar-refractivity contribution is -0.134. The van der Waals surface area contributed by atoms with E-state index in [0.29, 0.717) is 19.0 Å². The van der Waals surface area contributed by atoms with Gasteiger partial charge in [0.25, 0.3) is 0 Å². The lowest BCUT2D eigenvalue weighted by Gasteiger charge is -2.30. The number of aromatic nitrogens is 1. The van der Waals surface area contributed by atoms with Crippen LogP contribution in [-0.2, 0) is 16.0 Å². The van der Waals surface area contributed by atoms with E-state index in [1.165, 1.54) is 10.9 Å². The fraction of sp³-hybridized carbons (Fsp3) is 0.474. The average Bonchev–Trinajstić information content (AvgIpc) is 3.20. The van der Waals surface area contributed by atoms with E-state index in [1.54, 1.807) is 6.92 Å². The van der Waals surface area contributed by atoms with Gasteiger partial charge in [0.2, 0.25) is 11.8 Å². The molecule has 2 amide bonds. The van der Waals surface area contributed by atoms with Gasteiger partial charge in [-0.25, -0.2) is 0 Å². The summed E-state index contributed by atoms with van der Waals surface area (Å²) >= 11 is 0. The van der Waals surface area contributed by atoms with Crippen molar-refractivity contribution >= 4 is 22.7 Å². The van der Waals surface area contributed by atoms with Crippen LogP contribution in [0.1, 0.15) is 25.3 Å². The van der Waals surface area contributed by atoms with Crippen molar-refractivity contribution in [2.75, 3.05) is 19.6 Å². The Kier molecular flexibility index (Phi) is 3.59. The summed E-state index contributed by atoms with van der Waals surface area (Å²) in [5.74, 6) is 0.647. The summed E-state index contributed by atoms with van der Waals surface area (Å²) in [6.07, 6.45) is 4.59. The third kappa shape index (κ3) is 2.48. The number of carbonyl (C=O) groups excluding carboxylic acids is 2. The van der Waals surface area contributed by atoms with Gasteiger partial charge in [-0.05, 0) is 36.8 Å². The van der Waals surface area contributed by atoms with E-state index < -0.39 is 0 Å². The Morgan fingerprint density at radius 1 is 1.38 bits per heavy atom. The zero-order valence-corrected chi connectivity index (χ0v) is 14.0. The molecule has 5 nitrogen and oxygen atoms in total. The quantitative estimate of drug-likeness (QED) is 0.904. The van der Waals surface area contributed by atoms with Crippen LogP contribution in [0, 0.1) is 11.3 Å². The van der Waals surface area contributed by atoms with Gasteiger partial charge in [0.1, 0.15) is 0 Å². The number of fused-ring (bicyclic) bond motifs is 2. The first-order valence-electron chi connectivity index (χ1n) is 8.69. The molecule has 0 spiro atoms. The number of hydrogen-bond donors (Lipinski definition) is 2. The van der Waals surface area contributed by atoms with Gasteiger partial charge in [-0.1, -0.05) is 18.2 Å². The average molecular weight is 325 g/mol. The molecule has 2 fully saturated rings. The normalized spacial score (nSPS) is 25.4. The third-order valence-corrected chi connectivity index (χ3v) is 5.75. The summed E-state index contributed by atoms with van der Waals surface area (Å²) in [5.41, 5.74) is 2.17. The van der Waals surface area contributed by atoms with Crippen LogP contribution in [0.25, 0.3) is 10.9 Å².